The number of nitrogens with two attached hydrogens (primary N) is 1. The Balaban J connectivity index is 2.38. The van der Waals surface area contributed by atoms with E-state index in [9.17, 15) is 4.39 Å². The molecule has 0 spiro atoms. The third-order valence-electron chi connectivity index (χ3n) is 1.99. The summed E-state index contributed by atoms with van der Waals surface area (Å²) in [6.45, 7) is 0. The Hall–Kier alpha value is -1.59. The van der Waals surface area contributed by atoms with Crippen LogP contribution in [0.2, 0.25) is 10.3 Å². The predicted octanol–water partition coefficient (Wildman–Crippen LogP) is 3.25. The number of halogens is 3. The second-order valence-corrected chi connectivity index (χ2v) is 3.91. The summed E-state index contributed by atoms with van der Waals surface area (Å²) in [7, 11) is 0. The van der Waals surface area contributed by atoms with E-state index in [1.807, 2.05) is 0 Å². The van der Waals surface area contributed by atoms with Crippen molar-refractivity contribution < 1.29 is 4.39 Å². The first-order valence-corrected chi connectivity index (χ1v) is 5.32. The van der Waals surface area contributed by atoms with Gasteiger partial charge in [-0.1, -0.05) is 17.7 Å². The minimum absolute atomic E-state index is 0.00808. The average Bonchev–Trinajstić information content (AvgIpc) is 2.30. The first kappa shape index (κ1) is 11.9. The van der Waals surface area contributed by atoms with Crippen LogP contribution in [0, 0.1) is 5.82 Å². The second-order valence-electron chi connectivity index (χ2n) is 3.17. The summed E-state index contributed by atoms with van der Waals surface area (Å²) in [5.74, 6) is -0.352. The van der Waals surface area contributed by atoms with Gasteiger partial charge in [-0.2, -0.15) is 4.98 Å². The topological polar surface area (TPSA) is 63.8 Å². The van der Waals surface area contributed by atoms with Gasteiger partial charge < -0.3 is 11.1 Å². The third kappa shape index (κ3) is 2.57. The van der Waals surface area contributed by atoms with Gasteiger partial charge in [-0.15, -0.1) is 0 Å². The molecular weight excluding hydrogens is 266 g/mol. The molecular formula is C10H7Cl2FN4. The van der Waals surface area contributed by atoms with Crippen LogP contribution in [0.25, 0.3) is 0 Å². The van der Waals surface area contributed by atoms with Crippen LogP contribution >= 0.6 is 23.2 Å². The zero-order chi connectivity index (χ0) is 12.4. The van der Waals surface area contributed by atoms with Gasteiger partial charge in [0.25, 0.3) is 0 Å². The van der Waals surface area contributed by atoms with E-state index in [-0.39, 0.29) is 27.5 Å². The molecule has 7 heteroatoms. The molecule has 0 atom stereocenters. The summed E-state index contributed by atoms with van der Waals surface area (Å²) in [5, 5.41) is 2.73. The molecule has 2 rings (SSSR count). The maximum Gasteiger partial charge on any atom is 0.224 e. The van der Waals surface area contributed by atoms with Gasteiger partial charge in [-0.3, -0.25) is 0 Å². The van der Waals surface area contributed by atoms with Crippen molar-refractivity contribution in [3.05, 3.63) is 40.5 Å². The maximum absolute atomic E-state index is 13.6. The third-order valence-corrected chi connectivity index (χ3v) is 2.47. The molecule has 88 valence electrons. The SMILES string of the molecule is Nc1cnc(Cl)nc1Nc1cccc(Cl)c1F. The highest BCUT2D eigenvalue weighted by Gasteiger charge is 2.09. The van der Waals surface area contributed by atoms with Gasteiger partial charge in [0.2, 0.25) is 5.28 Å². The first-order chi connectivity index (χ1) is 8.08. The number of nitrogens with one attached hydrogen (secondary N) is 1. The molecule has 3 N–H and O–H groups in total. The van der Waals surface area contributed by atoms with Crippen molar-refractivity contribution >= 4 is 40.4 Å². The van der Waals surface area contributed by atoms with E-state index in [1.54, 1.807) is 6.07 Å². The largest absolute Gasteiger partial charge is 0.394 e. The highest BCUT2D eigenvalue weighted by atomic mass is 35.5. The van der Waals surface area contributed by atoms with Gasteiger partial charge in [-0.25, -0.2) is 9.37 Å². The van der Waals surface area contributed by atoms with E-state index in [0.717, 1.165) is 0 Å². The molecule has 0 bridgehead atoms. The van der Waals surface area contributed by atoms with Crippen molar-refractivity contribution in [3.8, 4) is 0 Å². The fraction of sp³-hybridized carbons (Fsp3) is 0. The summed E-state index contributed by atoms with van der Waals surface area (Å²) >= 11 is 11.3. The van der Waals surface area contributed by atoms with Crippen molar-refractivity contribution in [1.29, 1.82) is 0 Å². The Morgan fingerprint density at radius 2 is 2.06 bits per heavy atom. The Bertz CT molecular complexity index is 562. The van der Waals surface area contributed by atoms with Crippen molar-refractivity contribution in [3.63, 3.8) is 0 Å². The van der Waals surface area contributed by atoms with Gasteiger partial charge in [0.15, 0.2) is 11.6 Å². The lowest BCUT2D eigenvalue weighted by atomic mass is 10.3. The second kappa shape index (κ2) is 4.73. The number of rotatable bonds is 2. The highest BCUT2D eigenvalue weighted by molar-refractivity contribution is 6.31. The van der Waals surface area contributed by atoms with Crippen LogP contribution in [0.5, 0.6) is 0 Å². The smallest absolute Gasteiger partial charge is 0.224 e. The number of anilines is 3. The number of nitrogen functional groups attached to an aromatic ring is 1. The fourth-order valence-electron chi connectivity index (χ4n) is 1.20. The molecule has 0 radical (unpaired) electrons. The van der Waals surface area contributed by atoms with Crippen LogP contribution in [0.4, 0.5) is 21.6 Å². The summed E-state index contributed by atoms with van der Waals surface area (Å²) in [4.78, 5) is 7.54. The monoisotopic (exact) mass is 272 g/mol. The fourth-order valence-corrected chi connectivity index (χ4v) is 1.51. The first-order valence-electron chi connectivity index (χ1n) is 4.57. The molecule has 0 aliphatic heterocycles. The lowest BCUT2D eigenvalue weighted by Gasteiger charge is -2.09. The molecule has 0 unspecified atom stereocenters. The van der Waals surface area contributed by atoms with Crippen LogP contribution < -0.4 is 11.1 Å². The van der Waals surface area contributed by atoms with Gasteiger partial charge in [0.1, 0.15) is 0 Å². The lowest BCUT2D eigenvalue weighted by Crippen LogP contribution is -2.02. The van der Waals surface area contributed by atoms with Crippen LogP contribution in [-0.2, 0) is 0 Å². The van der Waals surface area contributed by atoms with E-state index < -0.39 is 5.82 Å². The molecule has 0 fully saturated rings. The van der Waals surface area contributed by atoms with E-state index in [0.29, 0.717) is 0 Å². The number of aromatic nitrogens is 2. The summed E-state index contributed by atoms with van der Waals surface area (Å²) in [5.41, 5.74) is 6.05. The van der Waals surface area contributed by atoms with Crippen LogP contribution in [-0.4, -0.2) is 9.97 Å². The lowest BCUT2D eigenvalue weighted by molar-refractivity contribution is 0.632. The Morgan fingerprint density at radius 1 is 1.29 bits per heavy atom. The quantitative estimate of drug-likeness (QED) is 0.824. The number of benzene rings is 1. The molecule has 1 aromatic carbocycles. The summed E-state index contributed by atoms with van der Waals surface area (Å²) in [6, 6.07) is 4.56. The summed E-state index contributed by atoms with van der Waals surface area (Å²) in [6.07, 6.45) is 1.33. The van der Waals surface area contributed by atoms with Gasteiger partial charge in [0, 0.05) is 0 Å². The van der Waals surface area contributed by atoms with Crippen molar-refractivity contribution in [2.45, 2.75) is 0 Å². The van der Waals surface area contributed by atoms with Crippen molar-refractivity contribution in [2.24, 2.45) is 0 Å². The molecule has 0 saturated carbocycles. The van der Waals surface area contributed by atoms with E-state index in [1.165, 1.54) is 18.3 Å². The van der Waals surface area contributed by atoms with Crippen LogP contribution in [0.1, 0.15) is 0 Å². The minimum Gasteiger partial charge on any atom is -0.394 e. The zero-order valence-corrected chi connectivity index (χ0v) is 9.93. The number of hydrogen-bond donors (Lipinski definition) is 2. The summed E-state index contributed by atoms with van der Waals surface area (Å²) < 4.78 is 13.6. The van der Waals surface area contributed by atoms with E-state index in [2.05, 4.69) is 15.3 Å². The molecule has 1 aromatic heterocycles. The van der Waals surface area contributed by atoms with E-state index in [4.69, 9.17) is 28.9 Å². The molecule has 2 aromatic rings. The standard InChI is InChI=1S/C10H7Cl2FN4/c11-5-2-1-3-7(8(5)13)16-9-6(14)4-15-10(12)17-9/h1-4H,14H2,(H,15,16,17). The van der Waals surface area contributed by atoms with Gasteiger partial charge in [0.05, 0.1) is 22.6 Å². The van der Waals surface area contributed by atoms with Crippen LogP contribution in [0.3, 0.4) is 0 Å². The molecule has 0 aliphatic carbocycles. The Labute approximate surface area is 107 Å². The van der Waals surface area contributed by atoms with Crippen LogP contribution in [0.15, 0.2) is 24.4 Å². The predicted molar refractivity (Wildman–Crippen MR) is 66.1 cm³/mol. The maximum atomic E-state index is 13.6. The minimum atomic E-state index is -0.580. The molecule has 4 nitrogen and oxygen atoms in total. The molecule has 0 amide bonds. The molecule has 17 heavy (non-hydrogen) atoms. The zero-order valence-electron chi connectivity index (χ0n) is 8.42. The van der Waals surface area contributed by atoms with Crippen molar-refractivity contribution in [2.75, 3.05) is 11.1 Å². The Kier molecular flexibility index (Phi) is 3.31. The normalized spacial score (nSPS) is 10.3. The van der Waals surface area contributed by atoms with Gasteiger partial charge >= 0.3 is 0 Å². The van der Waals surface area contributed by atoms with E-state index >= 15 is 0 Å². The molecule has 1 heterocycles. The number of nitrogens with zero attached hydrogens (tertiary/aromatic N) is 2. The Morgan fingerprint density at radius 3 is 2.82 bits per heavy atom. The van der Waals surface area contributed by atoms with Gasteiger partial charge in [-0.05, 0) is 23.7 Å². The number of hydrogen-bond acceptors (Lipinski definition) is 4. The highest BCUT2D eigenvalue weighted by Crippen LogP contribution is 2.27. The molecule has 0 saturated heterocycles. The molecule has 0 aliphatic rings. The average molecular weight is 273 g/mol. The van der Waals surface area contributed by atoms with Crippen molar-refractivity contribution in [1.82, 2.24) is 9.97 Å².